The minimum Gasteiger partial charge on any atom is -0.465 e. The number of hydrogen-bond donors (Lipinski definition) is 2. The summed E-state index contributed by atoms with van der Waals surface area (Å²) in [5.41, 5.74) is 2.60. The summed E-state index contributed by atoms with van der Waals surface area (Å²) in [6, 6.07) is 3.23. The number of carboxylic acid groups (broad SMARTS) is 1. The van der Waals surface area contributed by atoms with E-state index in [1.807, 2.05) is 26.0 Å². The molecule has 154 valence electrons. The van der Waals surface area contributed by atoms with E-state index in [1.165, 1.54) is 9.80 Å². The Morgan fingerprint density at radius 3 is 2.79 bits per heavy atom. The largest absolute Gasteiger partial charge is 0.465 e. The molecule has 0 spiro atoms. The Kier molecular flexibility index (Phi) is 4.87. The van der Waals surface area contributed by atoms with Crippen LogP contribution in [0.2, 0.25) is 0 Å². The van der Waals surface area contributed by atoms with Gasteiger partial charge in [-0.15, -0.1) is 0 Å². The number of nitrogens with one attached hydrogen (secondary N) is 1. The minimum absolute atomic E-state index is 0.0778. The number of carbonyl (C=O) groups is 3. The Hall–Kier alpha value is -3.14. The van der Waals surface area contributed by atoms with Crippen LogP contribution in [-0.2, 0) is 11.3 Å². The Balaban J connectivity index is 1.59. The molecule has 1 atom stereocenters. The second-order valence-electron chi connectivity index (χ2n) is 7.54. The number of anilines is 1. The fraction of sp³-hybridized carbons (Fsp3) is 0.474. The van der Waals surface area contributed by atoms with Crippen LogP contribution < -0.4 is 10.2 Å². The topological polar surface area (TPSA) is 119 Å². The molecule has 0 unspecified atom stereocenters. The van der Waals surface area contributed by atoms with E-state index in [4.69, 9.17) is 4.52 Å². The van der Waals surface area contributed by atoms with Crippen LogP contribution in [0.15, 0.2) is 16.7 Å². The highest BCUT2D eigenvalue weighted by atomic mass is 16.5. The molecule has 10 nitrogen and oxygen atoms in total. The van der Waals surface area contributed by atoms with Crippen LogP contribution in [0, 0.1) is 6.92 Å². The van der Waals surface area contributed by atoms with Gasteiger partial charge in [-0.25, -0.2) is 9.59 Å². The number of fused-ring (bicyclic) bond motifs is 1. The number of imide groups is 1. The van der Waals surface area contributed by atoms with Gasteiger partial charge in [0.05, 0.1) is 5.39 Å². The lowest BCUT2D eigenvalue weighted by atomic mass is 10.0. The molecule has 1 aromatic heterocycles. The quantitative estimate of drug-likeness (QED) is 0.804. The lowest BCUT2D eigenvalue weighted by molar-refractivity contribution is -0.120. The van der Waals surface area contributed by atoms with Crippen LogP contribution in [0.25, 0.3) is 11.0 Å². The molecule has 2 saturated heterocycles. The van der Waals surface area contributed by atoms with Crippen LogP contribution in [0.4, 0.5) is 15.4 Å². The molecular weight excluding hydrogens is 378 g/mol. The summed E-state index contributed by atoms with van der Waals surface area (Å²) >= 11 is 0. The maximum atomic E-state index is 12.2. The molecule has 2 aliphatic rings. The molecule has 2 aliphatic heterocycles. The average Bonchev–Trinajstić information content (AvgIpc) is 3.08. The highest BCUT2D eigenvalue weighted by Gasteiger charge is 2.30. The number of benzene rings is 1. The highest BCUT2D eigenvalue weighted by molar-refractivity contribution is 6.09. The summed E-state index contributed by atoms with van der Waals surface area (Å²) in [5, 5.41) is 16.4. The Morgan fingerprint density at radius 2 is 2.10 bits per heavy atom. The average molecular weight is 401 g/mol. The van der Waals surface area contributed by atoms with E-state index in [0.29, 0.717) is 37.6 Å². The SMILES string of the molecule is Cc1c(CN2CCN(C(=O)O)[C@@H](C)C2)ccc2onc(N3CCC(=O)NC3=O)c12. The van der Waals surface area contributed by atoms with E-state index in [2.05, 4.69) is 15.4 Å². The first-order valence-electron chi connectivity index (χ1n) is 9.56. The number of carbonyl (C=O) groups excluding carboxylic acids is 2. The summed E-state index contributed by atoms with van der Waals surface area (Å²) in [6.07, 6.45) is -0.674. The van der Waals surface area contributed by atoms with E-state index in [0.717, 1.165) is 16.5 Å². The van der Waals surface area contributed by atoms with Crippen molar-refractivity contribution in [3.63, 3.8) is 0 Å². The van der Waals surface area contributed by atoms with Crippen molar-refractivity contribution in [3.8, 4) is 0 Å². The molecule has 2 N–H and O–H groups in total. The fourth-order valence-electron chi connectivity index (χ4n) is 4.05. The number of amides is 4. The first kappa shape index (κ1) is 19.2. The minimum atomic E-state index is -0.887. The third kappa shape index (κ3) is 3.51. The van der Waals surface area contributed by atoms with Crippen molar-refractivity contribution >= 4 is 34.8 Å². The van der Waals surface area contributed by atoms with Crippen molar-refractivity contribution in [2.24, 2.45) is 0 Å². The van der Waals surface area contributed by atoms with Crippen LogP contribution in [0.3, 0.4) is 0 Å². The molecule has 2 aromatic rings. The van der Waals surface area contributed by atoms with Gasteiger partial charge in [0.1, 0.15) is 0 Å². The van der Waals surface area contributed by atoms with Gasteiger partial charge in [-0.2, -0.15) is 0 Å². The maximum Gasteiger partial charge on any atom is 0.407 e. The number of piperazine rings is 1. The second-order valence-corrected chi connectivity index (χ2v) is 7.54. The second kappa shape index (κ2) is 7.36. The van der Waals surface area contributed by atoms with Crippen molar-refractivity contribution in [1.29, 1.82) is 0 Å². The van der Waals surface area contributed by atoms with Crippen molar-refractivity contribution in [1.82, 2.24) is 20.3 Å². The van der Waals surface area contributed by atoms with Gasteiger partial charge in [-0.3, -0.25) is 19.9 Å². The summed E-state index contributed by atoms with van der Waals surface area (Å²) in [7, 11) is 0. The Bertz CT molecular complexity index is 987. The first-order valence-corrected chi connectivity index (χ1v) is 9.56. The van der Waals surface area contributed by atoms with Crippen LogP contribution in [-0.4, -0.2) is 70.3 Å². The van der Waals surface area contributed by atoms with Crippen LogP contribution in [0.5, 0.6) is 0 Å². The standard InChI is InChI=1S/C19H23N5O5/c1-11-9-22(7-8-23(11)19(27)28)10-13-3-4-14-16(12(13)2)17(21-29-14)24-6-5-15(25)20-18(24)26/h3-4,11H,5-10H2,1-2H3,(H,27,28)(H,20,25,26)/t11-/m0/s1. The molecule has 4 rings (SSSR count). The van der Waals surface area contributed by atoms with Gasteiger partial charge in [0, 0.05) is 45.2 Å². The summed E-state index contributed by atoms with van der Waals surface area (Å²) < 4.78 is 5.42. The molecule has 0 bridgehead atoms. The molecule has 29 heavy (non-hydrogen) atoms. The Morgan fingerprint density at radius 1 is 1.31 bits per heavy atom. The van der Waals surface area contributed by atoms with Crippen LogP contribution >= 0.6 is 0 Å². The predicted molar refractivity (Wildman–Crippen MR) is 104 cm³/mol. The zero-order chi connectivity index (χ0) is 20.7. The molecule has 2 fully saturated rings. The molecule has 0 aliphatic carbocycles. The third-order valence-corrected chi connectivity index (χ3v) is 5.65. The normalized spacial score (nSPS) is 21.0. The van der Waals surface area contributed by atoms with E-state index in [-0.39, 0.29) is 24.9 Å². The van der Waals surface area contributed by atoms with Gasteiger partial charge in [0.25, 0.3) is 0 Å². The number of aromatic nitrogens is 1. The van der Waals surface area contributed by atoms with Gasteiger partial charge in [-0.05, 0) is 31.0 Å². The van der Waals surface area contributed by atoms with Gasteiger partial charge in [-0.1, -0.05) is 11.2 Å². The van der Waals surface area contributed by atoms with E-state index < -0.39 is 12.1 Å². The summed E-state index contributed by atoms with van der Waals surface area (Å²) in [5.74, 6) is 0.111. The van der Waals surface area contributed by atoms with Gasteiger partial charge < -0.3 is 14.5 Å². The van der Waals surface area contributed by atoms with Crippen molar-refractivity contribution in [2.75, 3.05) is 31.1 Å². The summed E-state index contributed by atoms with van der Waals surface area (Å²) in [6.45, 7) is 6.56. The van der Waals surface area contributed by atoms with Crippen molar-refractivity contribution < 1.29 is 24.0 Å². The number of nitrogens with zero attached hydrogens (tertiary/aromatic N) is 4. The van der Waals surface area contributed by atoms with Gasteiger partial charge in [0.2, 0.25) is 5.91 Å². The smallest absolute Gasteiger partial charge is 0.407 e. The van der Waals surface area contributed by atoms with E-state index in [1.54, 1.807) is 0 Å². The molecule has 0 saturated carbocycles. The number of urea groups is 1. The monoisotopic (exact) mass is 401 g/mol. The molecule has 3 heterocycles. The van der Waals surface area contributed by atoms with Gasteiger partial charge in [0.15, 0.2) is 11.4 Å². The van der Waals surface area contributed by atoms with Crippen LogP contribution in [0.1, 0.15) is 24.5 Å². The van der Waals surface area contributed by atoms with Crippen molar-refractivity contribution in [3.05, 3.63) is 23.3 Å². The first-order chi connectivity index (χ1) is 13.8. The number of aryl methyl sites for hydroxylation is 1. The number of hydrogen-bond acceptors (Lipinski definition) is 6. The van der Waals surface area contributed by atoms with E-state index in [9.17, 15) is 19.5 Å². The zero-order valence-electron chi connectivity index (χ0n) is 16.3. The lowest BCUT2D eigenvalue weighted by Gasteiger charge is -2.38. The lowest BCUT2D eigenvalue weighted by Crippen LogP contribution is -2.53. The molecular formula is C19H23N5O5. The van der Waals surface area contributed by atoms with Gasteiger partial charge >= 0.3 is 12.1 Å². The van der Waals surface area contributed by atoms with E-state index >= 15 is 0 Å². The molecule has 1 aromatic carbocycles. The molecule has 10 heteroatoms. The Labute approximate surface area is 167 Å². The summed E-state index contributed by atoms with van der Waals surface area (Å²) in [4.78, 5) is 40.0. The highest BCUT2D eigenvalue weighted by Crippen LogP contribution is 2.32. The predicted octanol–water partition coefficient (Wildman–Crippen LogP) is 1.77. The number of rotatable bonds is 3. The zero-order valence-corrected chi connectivity index (χ0v) is 16.3. The van der Waals surface area contributed by atoms with Crippen molar-refractivity contribution in [2.45, 2.75) is 32.9 Å². The molecule has 4 amide bonds. The fourth-order valence-corrected chi connectivity index (χ4v) is 4.05. The maximum absolute atomic E-state index is 12.2. The molecule has 0 radical (unpaired) electrons. The third-order valence-electron chi connectivity index (χ3n) is 5.65.